The minimum absolute atomic E-state index is 0.00744. The third-order valence-corrected chi connectivity index (χ3v) is 5.39. The van der Waals surface area contributed by atoms with E-state index in [-0.39, 0.29) is 5.78 Å². The van der Waals surface area contributed by atoms with Crippen molar-refractivity contribution >= 4 is 11.8 Å². The first-order chi connectivity index (χ1) is 14.7. The summed E-state index contributed by atoms with van der Waals surface area (Å²) in [6.07, 6.45) is -0.512. The van der Waals surface area contributed by atoms with Crippen molar-refractivity contribution in [1.82, 2.24) is 0 Å². The second kappa shape index (κ2) is 7.45. The Labute approximate surface area is 174 Å². The van der Waals surface area contributed by atoms with Crippen molar-refractivity contribution in [2.75, 3.05) is 0 Å². The summed E-state index contributed by atoms with van der Waals surface area (Å²) in [5.41, 5.74) is 5.16. The lowest BCUT2D eigenvalue weighted by molar-refractivity contribution is 0.0378. The first kappa shape index (κ1) is 18.1. The van der Waals surface area contributed by atoms with Crippen molar-refractivity contribution in [2.24, 2.45) is 0 Å². The normalized spacial score (nSPS) is 11.8. The molecule has 0 spiro atoms. The summed E-state index contributed by atoms with van der Waals surface area (Å²) in [7, 11) is 0. The molecule has 4 aromatic carbocycles. The topological polar surface area (TPSA) is 43.4 Å². The lowest BCUT2D eigenvalue weighted by atomic mass is 10.0. The number of benzene rings is 4. The smallest absolute Gasteiger partial charge is 0.339 e. The van der Waals surface area contributed by atoms with Gasteiger partial charge >= 0.3 is 5.97 Å². The monoisotopic (exact) mass is 390 g/mol. The first-order valence-corrected chi connectivity index (χ1v) is 9.81. The Morgan fingerprint density at radius 2 is 1.13 bits per heavy atom. The highest BCUT2D eigenvalue weighted by Gasteiger charge is 2.28. The van der Waals surface area contributed by atoms with Crippen molar-refractivity contribution < 1.29 is 14.3 Å². The number of rotatable bonds is 4. The zero-order valence-corrected chi connectivity index (χ0v) is 16.1. The van der Waals surface area contributed by atoms with Crippen LogP contribution >= 0.6 is 0 Å². The Morgan fingerprint density at radius 3 is 1.77 bits per heavy atom. The Balaban J connectivity index is 1.50. The van der Waals surface area contributed by atoms with E-state index in [2.05, 4.69) is 0 Å². The second-order valence-electron chi connectivity index (χ2n) is 7.24. The summed E-state index contributed by atoms with van der Waals surface area (Å²) in [5, 5.41) is 0. The number of carbonyl (C=O) groups excluding carboxylic acids is 2. The maximum Gasteiger partial charge on any atom is 0.339 e. The standard InChI is InChI=1S/C27H18O3/c28-25-22-14-8-7-13-21(22)24-17-20(15-16-23(24)25)27(29)30-26(18-9-3-1-4-10-18)19-11-5-2-6-12-19/h1-17,26H. The number of hydrogen-bond acceptors (Lipinski definition) is 3. The molecule has 0 radical (unpaired) electrons. The quantitative estimate of drug-likeness (QED) is 0.362. The molecule has 0 bridgehead atoms. The highest BCUT2D eigenvalue weighted by atomic mass is 16.5. The Bertz CT molecular complexity index is 1200. The number of ether oxygens (including phenoxy) is 1. The van der Waals surface area contributed by atoms with Crippen molar-refractivity contribution in [3.8, 4) is 11.1 Å². The Morgan fingerprint density at radius 1 is 0.600 bits per heavy atom. The average molecular weight is 390 g/mol. The molecule has 0 fully saturated rings. The summed E-state index contributed by atoms with van der Waals surface area (Å²) >= 11 is 0. The molecule has 0 saturated carbocycles. The molecule has 5 rings (SSSR count). The van der Waals surface area contributed by atoms with Gasteiger partial charge in [0.25, 0.3) is 0 Å². The van der Waals surface area contributed by atoms with Gasteiger partial charge in [-0.1, -0.05) is 84.9 Å². The summed E-state index contributed by atoms with van der Waals surface area (Å²) in [6, 6.07) is 32.0. The molecule has 144 valence electrons. The van der Waals surface area contributed by atoms with E-state index in [0.717, 1.165) is 22.3 Å². The molecule has 0 aromatic heterocycles. The van der Waals surface area contributed by atoms with E-state index in [4.69, 9.17) is 4.74 Å². The highest BCUT2D eigenvalue weighted by molar-refractivity contribution is 6.22. The molecule has 0 aliphatic heterocycles. The van der Waals surface area contributed by atoms with Gasteiger partial charge in [0.15, 0.2) is 11.9 Å². The molecule has 1 aliphatic carbocycles. The van der Waals surface area contributed by atoms with Gasteiger partial charge in [0.05, 0.1) is 5.56 Å². The van der Waals surface area contributed by atoms with Crippen LogP contribution in [0.2, 0.25) is 0 Å². The molecule has 0 atom stereocenters. The van der Waals surface area contributed by atoms with E-state index in [1.807, 2.05) is 84.9 Å². The maximum absolute atomic E-state index is 13.1. The molecular weight excluding hydrogens is 372 g/mol. The van der Waals surface area contributed by atoms with Crippen LogP contribution in [0.1, 0.15) is 43.5 Å². The Hall–Kier alpha value is -3.98. The zero-order valence-electron chi connectivity index (χ0n) is 16.1. The van der Waals surface area contributed by atoms with Crippen LogP contribution in [0.3, 0.4) is 0 Å². The summed E-state index contributed by atoms with van der Waals surface area (Å²) < 4.78 is 5.96. The largest absolute Gasteiger partial charge is 0.449 e. The summed E-state index contributed by atoms with van der Waals surface area (Å²) in [5.74, 6) is -0.431. The molecule has 30 heavy (non-hydrogen) atoms. The van der Waals surface area contributed by atoms with Crippen LogP contribution in [-0.4, -0.2) is 11.8 Å². The molecule has 0 heterocycles. The van der Waals surface area contributed by atoms with Crippen LogP contribution in [0.4, 0.5) is 0 Å². The van der Waals surface area contributed by atoms with Crippen molar-refractivity contribution in [1.29, 1.82) is 0 Å². The van der Waals surface area contributed by atoms with Crippen LogP contribution in [0.5, 0.6) is 0 Å². The third-order valence-electron chi connectivity index (χ3n) is 5.39. The molecule has 0 unspecified atom stereocenters. The number of esters is 1. The minimum atomic E-state index is -0.512. The van der Waals surface area contributed by atoms with Gasteiger partial charge in [0.2, 0.25) is 0 Å². The lowest BCUT2D eigenvalue weighted by Crippen LogP contribution is -2.13. The lowest BCUT2D eigenvalue weighted by Gasteiger charge is -2.19. The van der Waals surface area contributed by atoms with Gasteiger partial charge in [0.1, 0.15) is 0 Å². The number of carbonyl (C=O) groups is 2. The van der Waals surface area contributed by atoms with Gasteiger partial charge in [-0.3, -0.25) is 4.79 Å². The molecule has 4 aromatic rings. The number of hydrogen-bond donors (Lipinski definition) is 0. The predicted molar refractivity (Wildman–Crippen MR) is 115 cm³/mol. The SMILES string of the molecule is O=C(OC(c1ccccc1)c1ccccc1)c1ccc2c(c1)-c1ccccc1C2=O. The summed E-state index contributed by atoms with van der Waals surface area (Å²) in [4.78, 5) is 25.7. The van der Waals surface area contributed by atoms with Crippen LogP contribution in [-0.2, 0) is 4.74 Å². The van der Waals surface area contributed by atoms with Gasteiger partial charge in [-0.05, 0) is 40.5 Å². The fourth-order valence-electron chi connectivity index (χ4n) is 3.91. The molecule has 3 heteroatoms. The van der Waals surface area contributed by atoms with E-state index >= 15 is 0 Å². The fourth-order valence-corrected chi connectivity index (χ4v) is 3.91. The van der Waals surface area contributed by atoms with E-state index in [1.165, 1.54) is 0 Å². The minimum Gasteiger partial charge on any atom is -0.449 e. The van der Waals surface area contributed by atoms with Crippen molar-refractivity contribution in [3.05, 3.63) is 131 Å². The van der Waals surface area contributed by atoms with Crippen LogP contribution in [0.15, 0.2) is 103 Å². The second-order valence-corrected chi connectivity index (χ2v) is 7.24. The van der Waals surface area contributed by atoms with Crippen molar-refractivity contribution in [3.63, 3.8) is 0 Å². The first-order valence-electron chi connectivity index (χ1n) is 9.81. The molecule has 3 nitrogen and oxygen atoms in total. The van der Waals surface area contributed by atoms with Crippen molar-refractivity contribution in [2.45, 2.75) is 6.10 Å². The maximum atomic E-state index is 13.1. The van der Waals surface area contributed by atoms with Gasteiger partial charge < -0.3 is 4.74 Å². The van der Waals surface area contributed by atoms with E-state index in [1.54, 1.807) is 18.2 Å². The summed E-state index contributed by atoms with van der Waals surface area (Å²) in [6.45, 7) is 0. The highest BCUT2D eigenvalue weighted by Crippen LogP contribution is 2.37. The average Bonchev–Trinajstić information content (AvgIpc) is 3.10. The predicted octanol–water partition coefficient (Wildman–Crippen LogP) is 5.84. The molecule has 0 amide bonds. The molecule has 1 aliphatic rings. The van der Waals surface area contributed by atoms with Crippen LogP contribution < -0.4 is 0 Å². The van der Waals surface area contributed by atoms with E-state index in [0.29, 0.717) is 16.7 Å². The molecular formula is C27H18O3. The third kappa shape index (κ3) is 3.11. The van der Waals surface area contributed by atoms with Crippen LogP contribution in [0, 0.1) is 0 Å². The van der Waals surface area contributed by atoms with Gasteiger partial charge in [-0.25, -0.2) is 4.79 Å². The number of fused-ring (bicyclic) bond motifs is 3. The van der Waals surface area contributed by atoms with Crippen LogP contribution in [0.25, 0.3) is 11.1 Å². The van der Waals surface area contributed by atoms with Gasteiger partial charge in [-0.2, -0.15) is 0 Å². The zero-order chi connectivity index (χ0) is 20.5. The van der Waals surface area contributed by atoms with E-state index in [9.17, 15) is 9.59 Å². The molecule has 0 N–H and O–H groups in total. The van der Waals surface area contributed by atoms with E-state index < -0.39 is 12.1 Å². The fraction of sp³-hybridized carbons (Fsp3) is 0.0370. The van der Waals surface area contributed by atoms with Gasteiger partial charge in [0, 0.05) is 11.1 Å². The van der Waals surface area contributed by atoms with Gasteiger partial charge in [-0.15, -0.1) is 0 Å². The number of ketones is 1. The Kier molecular flexibility index (Phi) is 4.49. The molecule has 0 saturated heterocycles.